The van der Waals surface area contributed by atoms with Gasteiger partial charge < -0.3 is 14.2 Å². The molecule has 0 saturated heterocycles. The number of fused-ring (bicyclic) bond motifs is 1. The molecule has 0 amide bonds. The zero-order valence-corrected chi connectivity index (χ0v) is 20.4. The van der Waals surface area contributed by atoms with Gasteiger partial charge in [-0.15, -0.1) is 10.2 Å². The fourth-order valence-electron chi connectivity index (χ4n) is 3.20. The van der Waals surface area contributed by atoms with Gasteiger partial charge in [-0.1, -0.05) is 20.8 Å². The van der Waals surface area contributed by atoms with Gasteiger partial charge in [0.1, 0.15) is 13.2 Å². The number of methoxy groups -OCH3 is 1. The largest absolute Gasteiger partial charge is 0.477 e. The van der Waals surface area contributed by atoms with Gasteiger partial charge in [-0.2, -0.15) is 4.52 Å². The quantitative estimate of drug-likeness (QED) is 0.389. The monoisotopic (exact) mass is 456 g/mol. The summed E-state index contributed by atoms with van der Waals surface area (Å²) < 4.78 is 19.0. The Balaban J connectivity index is 1.98. The Bertz CT molecular complexity index is 1220. The van der Waals surface area contributed by atoms with E-state index in [1.807, 2.05) is 41.5 Å². The Kier molecular flexibility index (Phi) is 7.16. The van der Waals surface area contributed by atoms with Crippen LogP contribution in [0.5, 0.6) is 11.8 Å². The highest BCUT2D eigenvalue weighted by molar-refractivity contribution is 5.96. The topological polar surface area (TPSA) is 117 Å². The molecule has 0 fully saturated rings. The smallest absolute Gasteiger partial charge is 0.242 e. The van der Waals surface area contributed by atoms with Gasteiger partial charge in [-0.3, -0.25) is 10.2 Å². The van der Waals surface area contributed by atoms with Gasteiger partial charge in [0.05, 0.1) is 18.9 Å². The zero-order valence-electron chi connectivity index (χ0n) is 20.4. The number of rotatable bonds is 9. The van der Waals surface area contributed by atoms with E-state index in [1.165, 1.54) is 9.20 Å². The molecule has 1 N–H and O–H groups in total. The van der Waals surface area contributed by atoms with E-state index >= 15 is 0 Å². The fourth-order valence-corrected chi connectivity index (χ4v) is 3.20. The molecule has 0 spiro atoms. The van der Waals surface area contributed by atoms with E-state index in [4.69, 9.17) is 19.6 Å². The van der Waals surface area contributed by atoms with Crippen LogP contribution < -0.4 is 15.1 Å². The summed E-state index contributed by atoms with van der Waals surface area (Å²) >= 11 is 0. The first-order valence-electron chi connectivity index (χ1n) is 10.9. The first-order valence-corrected chi connectivity index (χ1v) is 10.9. The average molecular weight is 457 g/mol. The molecule has 10 heteroatoms. The molecule has 0 aliphatic carbocycles. The minimum absolute atomic E-state index is 0.0101. The van der Waals surface area contributed by atoms with Crippen LogP contribution in [-0.4, -0.2) is 57.1 Å². The second-order valence-corrected chi connectivity index (χ2v) is 8.80. The maximum absolute atomic E-state index is 13.2. The third-order valence-electron chi connectivity index (χ3n) is 5.27. The molecule has 0 atom stereocenters. The normalized spacial score (nSPS) is 11.7. The molecule has 3 aromatic rings. The van der Waals surface area contributed by atoms with E-state index in [9.17, 15) is 4.79 Å². The highest BCUT2D eigenvalue weighted by Crippen LogP contribution is 2.25. The number of pyridine rings is 1. The number of ketones is 1. The molecule has 3 aromatic heterocycles. The van der Waals surface area contributed by atoms with Crippen LogP contribution >= 0.6 is 0 Å². The van der Waals surface area contributed by atoms with E-state index in [0.29, 0.717) is 42.8 Å². The zero-order chi connectivity index (χ0) is 24.3. The summed E-state index contributed by atoms with van der Waals surface area (Å²) in [7, 11) is 1.59. The van der Waals surface area contributed by atoms with E-state index in [1.54, 1.807) is 19.2 Å². The van der Waals surface area contributed by atoms with Crippen molar-refractivity contribution in [2.45, 2.75) is 53.5 Å². The fraction of sp³-hybridized carbons (Fsp3) is 0.522. The lowest BCUT2D eigenvalue weighted by Gasteiger charge is -2.19. The SMILES string of the molecule is CCOc1nn2c(=N)n(CC(=O)c3cc(OCCOC)nc(C(C)(C)C)c3)nc2c(C)c1C. The Hall–Kier alpha value is -3.27. The number of hydrogen-bond donors (Lipinski definition) is 1. The van der Waals surface area contributed by atoms with Crippen molar-refractivity contribution >= 4 is 11.4 Å². The molecule has 10 nitrogen and oxygen atoms in total. The van der Waals surface area contributed by atoms with Gasteiger partial charge >= 0.3 is 0 Å². The van der Waals surface area contributed by atoms with E-state index in [-0.39, 0.29) is 23.4 Å². The third-order valence-corrected chi connectivity index (χ3v) is 5.27. The Morgan fingerprint density at radius 1 is 1.09 bits per heavy atom. The maximum atomic E-state index is 13.2. The van der Waals surface area contributed by atoms with Gasteiger partial charge in [-0.05, 0) is 26.8 Å². The van der Waals surface area contributed by atoms with Crippen molar-refractivity contribution in [3.8, 4) is 11.8 Å². The van der Waals surface area contributed by atoms with Crippen molar-refractivity contribution in [1.29, 1.82) is 5.41 Å². The average Bonchev–Trinajstić information content (AvgIpc) is 3.07. The van der Waals surface area contributed by atoms with Crippen LogP contribution in [0.1, 0.15) is 54.9 Å². The van der Waals surface area contributed by atoms with Crippen LogP contribution in [0.3, 0.4) is 0 Å². The van der Waals surface area contributed by atoms with Crippen LogP contribution in [0.2, 0.25) is 0 Å². The lowest BCUT2D eigenvalue weighted by atomic mass is 9.90. The van der Waals surface area contributed by atoms with Crippen molar-refractivity contribution in [3.05, 3.63) is 40.1 Å². The van der Waals surface area contributed by atoms with E-state index in [0.717, 1.165) is 16.8 Å². The molecule has 0 bridgehead atoms. The minimum atomic E-state index is -0.277. The molecule has 0 radical (unpaired) electrons. The van der Waals surface area contributed by atoms with Gasteiger partial charge in [0.15, 0.2) is 11.4 Å². The molecule has 0 aromatic carbocycles. The third kappa shape index (κ3) is 5.22. The molecule has 178 valence electrons. The van der Waals surface area contributed by atoms with Crippen LogP contribution in [-0.2, 0) is 16.7 Å². The summed E-state index contributed by atoms with van der Waals surface area (Å²) in [4.78, 5) is 17.8. The van der Waals surface area contributed by atoms with Crippen LogP contribution in [0, 0.1) is 19.3 Å². The second-order valence-electron chi connectivity index (χ2n) is 8.80. The number of nitrogens with zero attached hydrogens (tertiary/aromatic N) is 5. The molecule has 0 unspecified atom stereocenters. The molecular formula is C23H32N6O4. The minimum Gasteiger partial charge on any atom is -0.477 e. The van der Waals surface area contributed by atoms with Crippen molar-refractivity contribution in [2.75, 3.05) is 26.9 Å². The molecule has 0 aliphatic rings. The number of aryl methyl sites for hydroxylation is 1. The van der Waals surface area contributed by atoms with Crippen LogP contribution in [0.4, 0.5) is 0 Å². The van der Waals surface area contributed by atoms with Crippen LogP contribution in [0.15, 0.2) is 12.1 Å². The standard InChI is InChI=1S/C23H32N6O4/c1-8-32-21-15(3)14(2)20-26-28(22(24)29(20)27-21)13-17(30)16-11-18(23(4,5)6)25-19(12-16)33-10-9-31-7/h11-12,24H,8-10,13H2,1-7H3. The lowest BCUT2D eigenvalue weighted by molar-refractivity contribution is 0.0964. The van der Waals surface area contributed by atoms with Gasteiger partial charge in [-0.25, -0.2) is 9.67 Å². The predicted octanol–water partition coefficient (Wildman–Crippen LogP) is 2.63. The van der Waals surface area contributed by atoms with Crippen molar-refractivity contribution in [3.63, 3.8) is 0 Å². The Morgan fingerprint density at radius 3 is 2.45 bits per heavy atom. The molecule has 33 heavy (non-hydrogen) atoms. The molecule has 3 heterocycles. The lowest BCUT2D eigenvalue weighted by Crippen LogP contribution is -2.27. The molecule has 0 saturated carbocycles. The van der Waals surface area contributed by atoms with Crippen molar-refractivity contribution in [2.24, 2.45) is 0 Å². The van der Waals surface area contributed by atoms with E-state index < -0.39 is 0 Å². The summed E-state index contributed by atoms with van der Waals surface area (Å²) in [5.74, 6) is 0.609. The Morgan fingerprint density at radius 2 is 1.82 bits per heavy atom. The number of carbonyl (C=O) groups excluding carboxylic acids is 1. The maximum Gasteiger partial charge on any atom is 0.242 e. The number of nitrogens with one attached hydrogen (secondary N) is 1. The van der Waals surface area contributed by atoms with Crippen molar-refractivity contribution < 1.29 is 19.0 Å². The number of ether oxygens (including phenoxy) is 3. The summed E-state index contributed by atoms with van der Waals surface area (Å²) in [6.07, 6.45) is 0. The first kappa shape index (κ1) is 24.4. The molecule has 0 aliphatic heterocycles. The highest BCUT2D eigenvalue weighted by Gasteiger charge is 2.21. The van der Waals surface area contributed by atoms with Gasteiger partial charge in [0.25, 0.3) is 0 Å². The second kappa shape index (κ2) is 9.70. The summed E-state index contributed by atoms with van der Waals surface area (Å²) in [6, 6.07) is 3.39. The predicted molar refractivity (Wildman–Crippen MR) is 122 cm³/mol. The molecular weight excluding hydrogens is 424 g/mol. The van der Waals surface area contributed by atoms with Gasteiger partial charge in [0.2, 0.25) is 17.4 Å². The summed E-state index contributed by atoms with van der Waals surface area (Å²) in [6.45, 7) is 12.8. The van der Waals surface area contributed by atoms with Gasteiger partial charge in [0, 0.05) is 35.3 Å². The number of carbonyl (C=O) groups is 1. The first-order chi connectivity index (χ1) is 15.6. The number of aromatic nitrogens is 5. The van der Waals surface area contributed by atoms with E-state index in [2.05, 4.69) is 15.2 Å². The Labute approximate surface area is 193 Å². The van der Waals surface area contributed by atoms with Crippen molar-refractivity contribution in [1.82, 2.24) is 24.4 Å². The van der Waals surface area contributed by atoms with Crippen LogP contribution in [0.25, 0.3) is 5.65 Å². The molecule has 3 rings (SSSR count). The summed E-state index contributed by atoms with van der Waals surface area (Å²) in [5.41, 5.74) is 3.12. The summed E-state index contributed by atoms with van der Waals surface area (Å²) in [5, 5.41) is 17.4. The number of Topliss-reactive ketones (excluding diaryl/α,β-unsaturated/α-hetero) is 1. The highest BCUT2D eigenvalue weighted by atomic mass is 16.5. The number of hydrogen-bond acceptors (Lipinski definition) is 8.